The first-order valence-electron chi connectivity index (χ1n) is 19.6. The molecule has 1 unspecified atom stereocenters. The van der Waals surface area contributed by atoms with E-state index in [1.165, 1.54) is 30.6 Å². The van der Waals surface area contributed by atoms with E-state index in [-0.39, 0.29) is 5.91 Å². The topological polar surface area (TPSA) is 58.4 Å². The number of para-hydroxylation sites is 1. The van der Waals surface area contributed by atoms with Crippen LogP contribution in [0.2, 0.25) is 5.02 Å². The van der Waals surface area contributed by atoms with Crippen molar-refractivity contribution in [1.82, 2.24) is 5.32 Å². The van der Waals surface area contributed by atoms with E-state index in [1.54, 1.807) is 6.20 Å². The fraction of sp³-hybridized carbons (Fsp3) is 0.614. The van der Waals surface area contributed by atoms with Crippen LogP contribution in [0.5, 0.6) is 0 Å². The zero-order valence-corrected chi connectivity index (χ0v) is 35.0. The minimum Gasteiger partial charge on any atom is -0.405 e. The number of amides is 1. The monoisotopic (exact) mass is 728 g/mol. The largest absolute Gasteiger partial charge is 0.405 e. The SMILES string of the molecule is CC.CC/C=C(/CS)N(CCC)c1ccccc1.CCCC(CCC)c1ccc(Cl)cc1C(=O)NCCCCCCC(C/C=C/N)C(C)(C)C. The summed E-state index contributed by atoms with van der Waals surface area (Å²) in [6.45, 7) is 21.5. The van der Waals surface area contributed by atoms with Crippen LogP contribution < -0.4 is 16.0 Å². The molecule has 0 aromatic heterocycles. The number of carbonyl (C=O) groups excluding carboxylic acids is 1. The lowest BCUT2D eigenvalue weighted by atomic mass is 9.76. The zero-order chi connectivity index (χ0) is 37.8. The molecule has 2 aromatic carbocycles. The molecule has 0 aliphatic heterocycles. The lowest BCUT2D eigenvalue weighted by Crippen LogP contribution is -2.26. The van der Waals surface area contributed by atoms with Gasteiger partial charge in [0.2, 0.25) is 0 Å². The summed E-state index contributed by atoms with van der Waals surface area (Å²) in [5.41, 5.74) is 10.3. The summed E-state index contributed by atoms with van der Waals surface area (Å²) in [4.78, 5) is 15.3. The van der Waals surface area contributed by atoms with Crippen molar-refractivity contribution >= 4 is 35.8 Å². The molecule has 0 aliphatic rings. The number of hydrogen-bond donors (Lipinski definition) is 3. The second-order valence-corrected chi connectivity index (χ2v) is 14.7. The molecule has 0 heterocycles. The van der Waals surface area contributed by atoms with Crippen LogP contribution in [0.1, 0.15) is 161 Å². The summed E-state index contributed by atoms with van der Waals surface area (Å²) in [7, 11) is 0. The van der Waals surface area contributed by atoms with Crippen LogP contribution in [0.15, 0.2) is 72.6 Å². The van der Waals surface area contributed by atoms with Gasteiger partial charge in [-0.05, 0) is 98.2 Å². The Labute approximate surface area is 319 Å². The van der Waals surface area contributed by atoms with Gasteiger partial charge in [0.15, 0.2) is 0 Å². The molecule has 0 saturated heterocycles. The molecule has 50 heavy (non-hydrogen) atoms. The van der Waals surface area contributed by atoms with Gasteiger partial charge in [-0.25, -0.2) is 0 Å². The minimum absolute atomic E-state index is 0.0149. The Hall–Kier alpha value is -2.37. The molecule has 284 valence electrons. The first-order chi connectivity index (χ1) is 24.1. The van der Waals surface area contributed by atoms with Crippen LogP contribution in [-0.2, 0) is 0 Å². The van der Waals surface area contributed by atoms with Crippen LogP contribution >= 0.6 is 24.2 Å². The average molecular weight is 729 g/mol. The van der Waals surface area contributed by atoms with Crippen molar-refractivity contribution in [3.05, 3.63) is 88.7 Å². The number of benzene rings is 2. The van der Waals surface area contributed by atoms with Crippen LogP contribution in [0.3, 0.4) is 0 Å². The number of nitrogens with two attached hydrogens (primary N) is 1. The lowest BCUT2D eigenvalue weighted by molar-refractivity contribution is 0.0951. The standard InChI is InChI=1S/C28H47ClN2O.C14H21NS.C2H6/c1-6-13-22(14-7-2)25-18-17-24(29)21-26(25)27(32)31-20-11-9-8-10-15-23(16-12-19-30)28(3,4)5;1-3-8-14(12-16)15(11-4-2)13-9-6-5-7-10-13;1-2/h12,17-19,21-23H,6-11,13-16,20,30H2,1-5H3,(H,31,32);5-10,16H,3-4,11-12H2,1-2H3;1-2H3/b19-12+;14-8-;. The number of anilines is 1. The van der Waals surface area contributed by atoms with Gasteiger partial charge in [0.05, 0.1) is 0 Å². The number of halogens is 1. The number of carbonyl (C=O) groups is 1. The summed E-state index contributed by atoms with van der Waals surface area (Å²) < 4.78 is 0. The lowest BCUT2D eigenvalue weighted by Gasteiger charge is -2.30. The van der Waals surface area contributed by atoms with Crippen molar-refractivity contribution in [2.75, 3.05) is 23.7 Å². The van der Waals surface area contributed by atoms with Crippen LogP contribution in [0.4, 0.5) is 5.69 Å². The second kappa shape index (κ2) is 29.2. The van der Waals surface area contributed by atoms with Crippen LogP contribution in [0.25, 0.3) is 0 Å². The Kier molecular flexibility index (Phi) is 27.8. The molecule has 0 aliphatic carbocycles. The maximum absolute atomic E-state index is 12.9. The molecule has 0 fully saturated rings. The van der Waals surface area contributed by atoms with Gasteiger partial charge in [-0.1, -0.05) is 142 Å². The van der Waals surface area contributed by atoms with Gasteiger partial charge in [-0.15, -0.1) is 0 Å². The highest BCUT2D eigenvalue weighted by atomic mass is 35.5. The van der Waals surface area contributed by atoms with Crippen molar-refractivity contribution in [3.8, 4) is 0 Å². The highest BCUT2D eigenvalue weighted by Gasteiger charge is 2.23. The minimum atomic E-state index is 0.0149. The highest BCUT2D eigenvalue weighted by Crippen LogP contribution is 2.34. The van der Waals surface area contributed by atoms with Gasteiger partial charge >= 0.3 is 0 Å². The number of nitrogens with one attached hydrogen (secondary N) is 1. The Bertz CT molecular complexity index is 1190. The van der Waals surface area contributed by atoms with Gasteiger partial charge in [-0.3, -0.25) is 4.79 Å². The predicted molar refractivity (Wildman–Crippen MR) is 228 cm³/mol. The normalized spacial score (nSPS) is 12.2. The molecule has 2 aromatic rings. The number of rotatable bonds is 21. The molecule has 0 spiro atoms. The van der Waals surface area contributed by atoms with Crippen LogP contribution in [-0.4, -0.2) is 24.7 Å². The maximum Gasteiger partial charge on any atom is 0.251 e. The molecule has 0 bridgehead atoms. The van der Waals surface area contributed by atoms with E-state index in [9.17, 15) is 4.79 Å². The number of allylic oxidation sites excluding steroid dienone is 2. The van der Waals surface area contributed by atoms with Gasteiger partial charge in [0.1, 0.15) is 0 Å². The van der Waals surface area contributed by atoms with E-state index in [1.807, 2.05) is 26.0 Å². The molecule has 0 saturated carbocycles. The Morgan fingerprint density at radius 3 is 2.10 bits per heavy atom. The third-order valence-electron chi connectivity index (χ3n) is 8.98. The van der Waals surface area contributed by atoms with Gasteiger partial charge < -0.3 is 16.0 Å². The Morgan fingerprint density at radius 2 is 1.56 bits per heavy atom. The van der Waals surface area contributed by atoms with E-state index in [0.717, 1.165) is 87.8 Å². The molecule has 1 amide bonds. The van der Waals surface area contributed by atoms with Crippen molar-refractivity contribution in [2.24, 2.45) is 17.1 Å². The summed E-state index contributed by atoms with van der Waals surface area (Å²) in [6.07, 6.45) is 19.5. The molecule has 0 radical (unpaired) electrons. The summed E-state index contributed by atoms with van der Waals surface area (Å²) >= 11 is 10.7. The summed E-state index contributed by atoms with van der Waals surface area (Å²) in [6, 6.07) is 16.3. The maximum atomic E-state index is 12.9. The molecule has 6 heteroatoms. The molecule has 4 nitrogen and oxygen atoms in total. The second-order valence-electron chi connectivity index (χ2n) is 13.9. The Morgan fingerprint density at radius 1 is 0.920 bits per heavy atom. The third kappa shape index (κ3) is 19.3. The van der Waals surface area contributed by atoms with Gasteiger partial charge in [-0.2, -0.15) is 12.6 Å². The molecule has 2 rings (SSSR count). The molecule has 3 N–H and O–H groups in total. The van der Waals surface area contributed by atoms with Crippen molar-refractivity contribution in [2.45, 2.75) is 145 Å². The number of hydrogen-bond acceptors (Lipinski definition) is 4. The molecular formula is C44H74ClN3OS. The average Bonchev–Trinajstić information content (AvgIpc) is 3.11. The van der Waals surface area contributed by atoms with Crippen molar-refractivity contribution < 1.29 is 4.79 Å². The van der Waals surface area contributed by atoms with Gasteiger partial charge in [0, 0.05) is 40.8 Å². The third-order valence-corrected chi connectivity index (χ3v) is 9.54. The quantitative estimate of drug-likeness (QED) is 0.0886. The first-order valence-corrected chi connectivity index (χ1v) is 20.6. The van der Waals surface area contributed by atoms with Gasteiger partial charge in [0.25, 0.3) is 5.91 Å². The van der Waals surface area contributed by atoms with E-state index in [4.69, 9.17) is 17.3 Å². The van der Waals surface area contributed by atoms with Crippen LogP contribution in [0, 0.1) is 11.3 Å². The summed E-state index contributed by atoms with van der Waals surface area (Å²) in [5.74, 6) is 1.89. The molecular weight excluding hydrogens is 654 g/mol. The van der Waals surface area contributed by atoms with E-state index < -0.39 is 0 Å². The number of unbranched alkanes of at least 4 members (excludes halogenated alkanes) is 3. The van der Waals surface area contributed by atoms with Crippen molar-refractivity contribution in [1.29, 1.82) is 0 Å². The number of thiol groups is 1. The Balaban J connectivity index is 0.00000111. The first kappa shape index (κ1) is 47.6. The van der Waals surface area contributed by atoms with E-state index >= 15 is 0 Å². The predicted octanol–water partition coefficient (Wildman–Crippen LogP) is 13.4. The smallest absolute Gasteiger partial charge is 0.251 e. The highest BCUT2D eigenvalue weighted by molar-refractivity contribution is 7.80. The fourth-order valence-corrected chi connectivity index (χ4v) is 6.78. The van der Waals surface area contributed by atoms with Crippen molar-refractivity contribution in [3.63, 3.8) is 0 Å². The van der Waals surface area contributed by atoms with E-state index in [0.29, 0.717) is 22.3 Å². The fourth-order valence-electron chi connectivity index (χ4n) is 6.31. The van der Waals surface area contributed by atoms with E-state index in [2.05, 4.69) is 120 Å². The zero-order valence-electron chi connectivity index (χ0n) is 33.4. The summed E-state index contributed by atoms with van der Waals surface area (Å²) in [5, 5.41) is 3.77. The number of nitrogens with zero attached hydrogens (tertiary/aromatic N) is 1. The molecule has 1 atom stereocenters.